The average molecular weight is 409 g/mol. The number of carbonyl (C=O) groups is 1. The monoisotopic (exact) mass is 408 g/mol. The zero-order chi connectivity index (χ0) is 19.4. The molecule has 1 aliphatic rings. The molecular formula is C19H21ClN2O4S. The number of carbonyl (C=O) groups excluding carboxylic acids is 1. The number of benzene rings is 2. The first-order valence-electron chi connectivity index (χ1n) is 8.60. The first-order chi connectivity index (χ1) is 12.9. The molecule has 1 aliphatic heterocycles. The highest BCUT2D eigenvalue weighted by atomic mass is 35.5. The Morgan fingerprint density at radius 3 is 2.59 bits per heavy atom. The Morgan fingerprint density at radius 1 is 1.19 bits per heavy atom. The second-order valence-electron chi connectivity index (χ2n) is 6.27. The Balaban J connectivity index is 1.80. The predicted molar refractivity (Wildman–Crippen MR) is 103 cm³/mol. The van der Waals surface area contributed by atoms with E-state index in [1.807, 2.05) is 31.2 Å². The van der Waals surface area contributed by atoms with Gasteiger partial charge in [0.15, 0.2) is 0 Å². The highest BCUT2D eigenvalue weighted by Gasteiger charge is 2.29. The summed E-state index contributed by atoms with van der Waals surface area (Å²) in [6.07, 6.45) is 0. The van der Waals surface area contributed by atoms with Crippen molar-refractivity contribution in [3.8, 4) is 0 Å². The fraction of sp³-hybridized carbons (Fsp3) is 0.316. The van der Waals surface area contributed by atoms with Crippen LogP contribution in [0.3, 0.4) is 0 Å². The van der Waals surface area contributed by atoms with Gasteiger partial charge in [-0.15, -0.1) is 0 Å². The van der Waals surface area contributed by atoms with Crippen molar-refractivity contribution in [1.29, 1.82) is 0 Å². The fourth-order valence-electron chi connectivity index (χ4n) is 2.85. The normalized spacial score (nSPS) is 15.5. The molecule has 2 aromatic carbocycles. The van der Waals surface area contributed by atoms with E-state index >= 15 is 0 Å². The summed E-state index contributed by atoms with van der Waals surface area (Å²) in [5.74, 6) is -0.353. The van der Waals surface area contributed by atoms with E-state index in [2.05, 4.69) is 5.32 Å². The average Bonchev–Trinajstić information content (AvgIpc) is 2.68. The highest BCUT2D eigenvalue weighted by Crippen LogP contribution is 2.26. The van der Waals surface area contributed by atoms with Crippen molar-refractivity contribution in [2.75, 3.05) is 26.3 Å². The molecule has 144 valence electrons. The van der Waals surface area contributed by atoms with Crippen LogP contribution in [0.2, 0.25) is 5.02 Å². The summed E-state index contributed by atoms with van der Waals surface area (Å²) >= 11 is 6.13. The Bertz CT molecular complexity index is 940. The molecule has 0 aliphatic carbocycles. The van der Waals surface area contributed by atoms with Crippen LogP contribution in [0.25, 0.3) is 0 Å². The summed E-state index contributed by atoms with van der Waals surface area (Å²) in [5.41, 5.74) is 2.32. The lowest BCUT2D eigenvalue weighted by Crippen LogP contribution is -2.40. The Morgan fingerprint density at radius 2 is 1.89 bits per heavy atom. The summed E-state index contributed by atoms with van der Waals surface area (Å²) in [7, 11) is -3.78. The maximum atomic E-state index is 12.9. The smallest absolute Gasteiger partial charge is 0.251 e. The van der Waals surface area contributed by atoms with Crippen molar-refractivity contribution in [2.24, 2.45) is 0 Å². The summed E-state index contributed by atoms with van der Waals surface area (Å²) in [6.45, 7) is 3.54. The van der Waals surface area contributed by atoms with E-state index in [9.17, 15) is 13.2 Å². The van der Waals surface area contributed by atoms with Gasteiger partial charge in [-0.05, 0) is 36.2 Å². The number of hydrogen-bond acceptors (Lipinski definition) is 4. The maximum Gasteiger partial charge on any atom is 0.251 e. The SMILES string of the molecule is Cc1ccccc1CNC(=O)c1ccc(Cl)c(S(=O)(=O)N2CCOCC2)c1. The summed E-state index contributed by atoms with van der Waals surface area (Å²) in [5, 5.41) is 2.92. The standard InChI is InChI=1S/C19H21ClN2O4S/c1-14-4-2-3-5-16(14)13-21-19(23)15-6-7-17(20)18(12-15)27(24,25)22-8-10-26-11-9-22/h2-7,12H,8-11,13H2,1H3,(H,21,23). The lowest BCUT2D eigenvalue weighted by molar-refractivity contribution is 0.0730. The number of sulfonamides is 1. The van der Waals surface area contributed by atoms with E-state index in [1.165, 1.54) is 22.5 Å². The molecule has 1 heterocycles. The van der Waals surface area contributed by atoms with Crippen LogP contribution < -0.4 is 5.32 Å². The minimum atomic E-state index is -3.78. The van der Waals surface area contributed by atoms with Crippen LogP contribution in [-0.4, -0.2) is 44.9 Å². The topological polar surface area (TPSA) is 75.7 Å². The number of aryl methyl sites for hydroxylation is 1. The van der Waals surface area contributed by atoms with E-state index in [4.69, 9.17) is 16.3 Å². The third-order valence-corrected chi connectivity index (χ3v) is 6.86. The number of halogens is 1. The van der Waals surface area contributed by atoms with Gasteiger partial charge in [0.25, 0.3) is 5.91 Å². The van der Waals surface area contributed by atoms with E-state index in [-0.39, 0.29) is 34.5 Å². The molecular weight excluding hydrogens is 388 g/mol. The lowest BCUT2D eigenvalue weighted by atomic mass is 10.1. The Hall–Kier alpha value is -1.93. The number of hydrogen-bond donors (Lipinski definition) is 1. The number of nitrogens with zero attached hydrogens (tertiary/aromatic N) is 1. The number of ether oxygens (including phenoxy) is 1. The van der Waals surface area contributed by atoms with Gasteiger partial charge < -0.3 is 10.1 Å². The summed E-state index contributed by atoms with van der Waals surface area (Å²) < 4.78 is 32.3. The minimum Gasteiger partial charge on any atom is -0.379 e. The van der Waals surface area contributed by atoms with Crippen molar-refractivity contribution >= 4 is 27.5 Å². The van der Waals surface area contributed by atoms with E-state index < -0.39 is 10.0 Å². The zero-order valence-corrected chi connectivity index (χ0v) is 16.5. The quantitative estimate of drug-likeness (QED) is 0.825. The van der Waals surface area contributed by atoms with Crippen LogP contribution >= 0.6 is 11.6 Å². The Labute approximate surface area is 164 Å². The predicted octanol–water partition coefficient (Wildman–Crippen LogP) is 2.60. The van der Waals surface area contributed by atoms with E-state index in [0.29, 0.717) is 19.8 Å². The molecule has 27 heavy (non-hydrogen) atoms. The van der Waals surface area contributed by atoms with Crippen molar-refractivity contribution < 1.29 is 17.9 Å². The molecule has 0 spiro atoms. The van der Waals surface area contributed by atoms with Gasteiger partial charge in [0.2, 0.25) is 10.0 Å². The van der Waals surface area contributed by atoms with Gasteiger partial charge in [0, 0.05) is 25.2 Å². The van der Waals surface area contributed by atoms with Crippen LogP contribution in [0.4, 0.5) is 0 Å². The molecule has 0 unspecified atom stereocenters. The maximum absolute atomic E-state index is 12.9. The van der Waals surface area contributed by atoms with Crippen LogP contribution in [0.1, 0.15) is 21.5 Å². The van der Waals surface area contributed by atoms with Crippen molar-refractivity contribution in [2.45, 2.75) is 18.4 Å². The summed E-state index contributed by atoms with van der Waals surface area (Å²) in [4.78, 5) is 12.5. The molecule has 0 bridgehead atoms. The molecule has 1 amide bonds. The molecule has 2 aromatic rings. The van der Waals surface area contributed by atoms with Gasteiger partial charge in [-0.1, -0.05) is 35.9 Å². The van der Waals surface area contributed by atoms with Gasteiger partial charge in [0.05, 0.1) is 18.2 Å². The van der Waals surface area contributed by atoms with Gasteiger partial charge in [0.1, 0.15) is 4.90 Å². The molecule has 0 atom stereocenters. The largest absolute Gasteiger partial charge is 0.379 e. The van der Waals surface area contributed by atoms with Gasteiger partial charge >= 0.3 is 0 Å². The lowest BCUT2D eigenvalue weighted by Gasteiger charge is -2.26. The van der Waals surface area contributed by atoms with Crippen LogP contribution in [0, 0.1) is 6.92 Å². The Kier molecular flexibility index (Phi) is 6.16. The molecule has 8 heteroatoms. The highest BCUT2D eigenvalue weighted by molar-refractivity contribution is 7.89. The third-order valence-electron chi connectivity index (χ3n) is 4.48. The number of amides is 1. The minimum absolute atomic E-state index is 0.0605. The fourth-order valence-corrected chi connectivity index (χ4v) is 4.76. The molecule has 0 saturated carbocycles. The van der Waals surface area contributed by atoms with Crippen LogP contribution in [0.15, 0.2) is 47.4 Å². The first kappa shape index (κ1) is 19.8. The van der Waals surface area contributed by atoms with Crippen molar-refractivity contribution in [1.82, 2.24) is 9.62 Å². The van der Waals surface area contributed by atoms with Gasteiger partial charge in [-0.3, -0.25) is 4.79 Å². The van der Waals surface area contributed by atoms with E-state index in [1.54, 1.807) is 0 Å². The van der Waals surface area contributed by atoms with Crippen molar-refractivity contribution in [3.05, 3.63) is 64.2 Å². The second-order valence-corrected chi connectivity index (χ2v) is 8.58. The number of rotatable bonds is 5. The third kappa shape index (κ3) is 4.50. The van der Waals surface area contributed by atoms with Gasteiger partial charge in [-0.25, -0.2) is 8.42 Å². The molecule has 3 rings (SSSR count). The molecule has 1 saturated heterocycles. The molecule has 1 fully saturated rings. The number of morpholine rings is 1. The van der Waals surface area contributed by atoms with Crippen LogP contribution in [-0.2, 0) is 21.3 Å². The first-order valence-corrected chi connectivity index (χ1v) is 10.4. The molecule has 0 aromatic heterocycles. The van der Waals surface area contributed by atoms with E-state index in [0.717, 1.165) is 11.1 Å². The van der Waals surface area contributed by atoms with Gasteiger partial charge in [-0.2, -0.15) is 4.31 Å². The molecule has 0 radical (unpaired) electrons. The van der Waals surface area contributed by atoms with Crippen molar-refractivity contribution in [3.63, 3.8) is 0 Å². The molecule has 1 N–H and O–H groups in total. The molecule has 6 nitrogen and oxygen atoms in total. The van der Waals surface area contributed by atoms with Crippen LogP contribution in [0.5, 0.6) is 0 Å². The second kappa shape index (κ2) is 8.39. The summed E-state index contributed by atoms with van der Waals surface area (Å²) in [6, 6.07) is 12.0. The number of nitrogens with one attached hydrogen (secondary N) is 1. The zero-order valence-electron chi connectivity index (χ0n) is 14.9.